The van der Waals surface area contributed by atoms with Crippen molar-refractivity contribution in [1.29, 1.82) is 0 Å². The highest BCUT2D eigenvalue weighted by Gasteiger charge is 2.24. The molecule has 242 valence electrons. The largest absolute Gasteiger partial charge is 0.456 e. The number of benzene rings is 8. The van der Waals surface area contributed by atoms with Crippen LogP contribution >= 0.6 is 0 Å². The summed E-state index contributed by atoms with van der Waals surface area (Å²) in [5.41, 5.74) is 12.8. The van der Waals surface area contributed by atoms with Crippen molar-refractivity contribution in [3.8, 4) is 22.5 Å². The summed E-state index contributed by atoms with van der Waals surface area (Å²) in [4.78, 5) is 0. The molecule has 12 aromatic rings. The number of para-hydroxylation sites is 3. The molecule has 4 aromatic heterocycles. The van der Waals surface area contributed by atoms with Gasteiger partial charge in [0.05, 0.1) is 22.1 Å². The maximum Gasteiger partial charge on any atom is 0.136 e. The Morgan fingerprint density at radius 2 is 0.731 bits per heavy atom. The van der Waals surface area contributed by atoms with Crippen LogP contribution in [0.5, 0.6) is 0 Å². The van der Waals surface area contributed by atoms with Crippen LogP contribution in [0.15, 0.2) is 179 Å². The van der Waals surface area contributed by atoms with Crippen molar-refractivity contribution in [2.45, 2.75) is 0 Å². The smallest absolute Gasteiger partial charge is 0.136 e. The first-order valence-electron chi connectivity index (χ1n) is 17.7. The molecule has 52 heavy (non-hydrogen) atoms. The van der Waals surface area contributed by atoms with Crippen molar-refractivity contribution in [2.75, 3.05) is 0 Å². The maximum absolute atomic E-state index is 6.47. The summed E-state index contributed by atoms with van der Waals surface area (Å²) in [5, 5.41) is 9.28. The minimum Gasteiger partial charge on any atom is -0.456 e. The lowest BCUT2D eigenvalue weighted by Crippen LogP contribution is -1.94. The SMILES string of the molecule is c1ccc(-c2ccc(-n3c4cc5c6c7c(ccc6n(-c6ccccc6)c5cc4c4c5c(ccc43)oc3ccccc35)oc3ccccc37)cc2)cc1. The average molecular weight is 665 g/mol. The molecular formula is C48H28N2O2. The number of fused-ring (bicyclic) bond motifs is 14. The van der Waals surface area contributed by atoms with Gasteiger partial charge in [0, 0.05) is 54.5 Å². The van der Waals surface area contributed by atoms with Crippen molar-refractivity contribution in [2.24, 2.45) is 0 Å². The molecular weight excluding hydrogens is 637 g/mol. The molecule has 0 saturated heterocycles. The zero-order valence-corrected chi connectivity index (χ0v) is 27.9. The number of aromatic nitrogens is 2. The molecule has 4 nitrogen and oxygen atoms in total. The molecule has 0 bridgehead atoms. The third-order valence-corrected chi connectivity index (χ3v) is 10.9. The third kappa shape index (κ3) is 3.70. The van der Waals surface area contributed by atoms with Crippen LogP contribution in [0, 0.1) is 0 Å². The summed E-state index contributed by atoms with van der Waals surface area (Å²) in [6, 6.07) is 60.5. The summed E-state index contributed by atoms with van der Waals surface area (Å²) in [6.07, 6.45) is 0. The lowest BCUT2D eigenvalue weighted by Gasteiger charge is -2.10. The second kappa shape index (κ2) is 10.3. The summed E-state index contributed by atoms with van der Waals surface area (Å²) in [5.74, 6) is 0. The van der Waals surface area contributed by atoms with Gasteiger partial charge in [0.2, 0.25) is 0 Å². The van der Waals surface area contributed by atoms with Crippen LogP contribution in [0.3, 0.4) is 0 Å². The molecule has 0 amide bonds. The van der Waals surface area contributed by atoms with Crippen LogP contribution in [-0.2, 0) is 0 Å². The zero-order chi connectivity index (χ0) is 33.9. The van der Waals surface area contributed by atoms with Crippen molar-refractivity contribution >= 4 is 87.5 Å². The molecule has 0 radical (unpaired) electrons. The van der Waals surface area contributed by atoms with Gasteiger partial charge >= 0.3 is 0 Å². The number of furan rings is 2. The first kappa shape index (κ1) is 27.7. The van der Waals surface area contributed by atoms with Gasteiger partial charge in [0.15, 0.2) is 0 Å². The Balaban J connectivity index is 1.28. The Labute approximate surface area is 296 Å². The summed E-state index contributed by atoms with van der Waals surface area (Å²) >= 11 is 0. The van der Waals surface area contributed by atoms with Gasteiger partial charge in [-0.2, -0.15) is 0 Å². The highest BCUT2D eigenvalue weighted by atomic mass is 16.3. The number of hydrogen-bond donors (Lipinski definition) is 0. The highest BCUT2D eigenvalue weighted by Crippen LogP contribution is 2.46. The van der Waals surface area contributed by atoms with Crippen LogP contribution in [0.4, 0.5) is 0 Å². The quantitative estimate of drug-likeness (QED) is 0.188. The fourth-order valence-electron chi connectivity index (χ4n) is 8.70. The Kier molecular flexibility index (Phi) is 5.47. The van der Waals surface area contributed by atoms with Crippen LogP contribution in [0.2, 0.25) is 0 Å². The normalized spacial score (nSPS) is 12.2. The van der Waals surface area contributed by atoms with E-state index in [2.05, 4.69) is 167 Å². The fourth-order valence-corrected chi connectivity index (χ4v) is 8.70. The first-order chi connectivity index (χ1) is 25.8. The molecule has 0 saturated carbocycles. The van der Waals surface area contributed by atoms with E-state index in [1.54, 1.807) is 0 Å². The minimum absolute atomic E-state index is 0.891. The van der Waals surface area contributed by atoms with E-state index in [4.69, 9.17) is 8.83 Å². The van der Waals surface area contributed by atoms with Crippen molar-refractivity contribution in [3.05, 3.63) is 170 Å². The van der Waals surface area contributed by atoms with Crippen molar-refractivity contribution < 1.29 is 8.83 Å². The van der Waals surface area contributed by atoms with Crippen LogP contribution in [0.1, 0.15) is 0 Å². The van der Waals surface area contributed by atoms with E-state index in [1.807, 2.05) is 12.1 Å². The van der Waals surface area contributed by atoms with Gasteiger partial charge in [0.1, 0.15) is 22.3 Å². The fraction of sp³-hybridized carbons (Fsp3) is 0. The van der Waals surface area contributed by atoms with E-state index in [1.165, 1.54) is 32.7 Å². The Morgan fingerprint density at radius 3 is 1.27 bits per heavy atom. The Morgan fingerprint density at radius 1 is 0.288 bits per heavy atom. The summed E-state index contributed by atoms with van der Waals surface area (Å²) in [7, 11) is 0. The molecule has 0 aliphatic heterocycles. The Hall–Kier alpha value is -7.04. The summed E-state index contributed by atoms with van der Waals surface area (Å²) in [6.45, 7) is 0. The van der Waals surface area contributed by atoms with E-state index in [9.17, 15) is 0 Å². The molecule has 4 heterocycles. The predicted octanol–water partition coefficient (Wildman–Crippen LogP) is 13.3. The molecule has 4 heteroatoms. The van der Waals surface area contributed by atoms with Crippen LogP contribution in [-0.4, -0.2) is 9.13 Å². The zero-order valence-electron chi connectivity index (χ0n) is 27.9. The Bertz CT molecular complexity index is 3380. The third-order valence-electron chi connectivity index (χ3n) is 10.9. The maximum atomic E-state index is 6.47. The van der Waals surface area contributed by atoms with Crippen molar-refractivity contribution in [3.63, 3.8) is 0 Å². The van der Waals surface area contributed by atoms with E-state index >= 15 is 0 Å². The number of rotatable bonds is 3. The van der Waals surface area contributed by atoms with Gasteiger partial charge in [-0.1, -0.05) is 97.1 Å². The van der Waals surface area contributed by atoms with Crippen LogP contribution < -0.4 is 0 Å². The van der Waals surface area contributed by atoms with Gasteiger partial charge in [0.25, 0.3) is 0 Å². The lowest BCUT2D eigenvalue weighted by atomic mass is 10.0. The predicted molar refractivity (Wildman–Crippen MR) is 215 cm³/mol. The van der Waals surface area contributed by atoms with Gasteiger partial charge in [-0.25, -0.2) is 0 Å². The second-order valence-corrected chi connectivity index (χ2v) is 13.7. The van der Waals surface area contributed by atoms with E-state index < -0.39 is 0 Å². The standard InChI is InChI=1S/C48H28N2O2/c1-3-11-29(12-4-1)30-19-21-32(22-20-30)50-38-24-26-44-48(34-16-8-10-18-42(34)52-44)46(38)36-27-39-35(28-40(36)50)45-37(49(39)31-13-5-2-6-14-31)23-25-43-47(45)33-15-7-9-17-41(33)51-43/h1-28H. The molecule has 0 aliphatic carbocycles. The molecule has 12 rings (SSSR count). The molecule has 0 spiro atoms. The van der Waals surface area contributed by atoms with Gasteiger partial charge in [-0.15, -0.1) is 0 Å². The topological polar surface area (TPSA) is 36.1 Å². The van der Waals surface area contributed by atoms with Gasteiger partial charge < -0.3 is 18.0 Å². The summed E-state index contributed by atoms with van der Waals surface area (Å²) < 4.78 is 17.8. The monoisotopic (exact) mass is 664 g/mol. The van der Waals surface area contributed by atoms with Crippen LogP contribution in [0.25, 0.3) is 110 Å². The van der Waals surface area contributed by atoms with E-state index in [-0.39, 0.29) is 0 Å². The molecule has 8 aromatic carbocycles. The van der Waals surface area contributed by atoms with Gasteiger partial charge in [-0.05, 0) is 83.9 Å². The molecule has 0 N–H and O–H groups in total. The molecule has 0 unspecified atom stereocenters. The minimum atomic E-state index is 0.891. The first-order valence-corrected chi connectivity index (χ1v) is 17.7. The highest BCUT2D eigenvalue weighted by molar-refractivity contribution is 6.32. The molecule has 0 fully saturated rings. The van der Waals surface area contributed by atoms with E-state index in [0.717, 1.165) is 77.3 Å². The van der Waals surface area contributed by atoms with E-state index in [0.29, 0.717) is 0 Å². The molecule has 0 aliphatic rings. The lowest BCUT2D eigenvalue weighted by molar-refractivity contribution is 0.669. The second-order valence-electron chi connectivity index (χ2n) is 13.7. The number of hydrogen-bond acceptors (Lipinski definition) is 2. The average Bonchev–Trinajstić information content (AvgIpc) is 3.95. The number of nitrogens with zero attached hydrogens (tertiary/aromatic N) is 2. The van der Waals surface area contributed by atoms with Crippen molar-refractivity contribution in [1.82, 2.24) is 9.13 Å². The van der Waals surface area contributed by atoms with Gasteiger partial charge in [-0.3, -0.25) is 0 Å². The molecule has 0 atom stereocenters.